The Balaban J connectivity index is 1.70. The molecule has 1 aromatic heterocycles. The van der Waals surface area contributed by atoms with Gasteiger partial charge in [-0.15, -0.1) is 11.3 Å². The first-order chi connectivity index (χ1) is 8.29. The van der Waals surface area contributed by atoms with Gasteiger partial charge in [0.25, 0.3) is 0 Å². The summed E-state index contributed by atoms with van der Waals surface area (Å²) >= 11 is 1.72. The van der Waals surface area contributed by atoms with Crippen molar-refractivity contribution in [2.45, 2.75) is 32.4 Å². The van der Waals surface area contributed by atoms with E-state index in [1.165, 1.54) is 5.69 Å². The smallest absolute Gasteiger partial charge is 0.107 e. The van der Waals surface area contributed by atoms with Gasteiger partial charge < -0.3 is 15.7 Å². The van der Waals surface area contributed by atoms with E-state index in [1.54, 1.807) is 11.3 Å². The summed E-state index contributed by atoms with van der Waals surface area (Å²) in [5.41, 5.74) is 1.21. The topological polar surface area (TPSA) is 57.2 Å². The van der Waals surface area contributed by atoms with Crippen LogP contribution in [-0.4, -0.2) is 35.8 Å². The molecule has 5 heteroatoms. The Hall–Kier alpha value is -0.490. The van der Waals surface area contributed by atoms with Crippen LogP contribution in [0.4, 0.5) is 0 Å². The predicted octanol–water partition coefficient (Wildman–Crippen LogP) is 0.765. The Morgan fingerprint density at radius 1 is 1.59 bits per heavy atom. The molecule has 1 aliphatic rings. The molecule has 2 unspecified atom stereocenters. The Bertz CT molecular complexity index is 342. The highest BCUT2D eigenvalue weighted by Gasteiger charge is 2.24. The van der Waals surface area contributed by atoms with Crippen molar-refractivity contribution in [1.29, 1.82) is 0 Å². The van der Waals surface area contributed by atoms with Crippen molar-refractivity contribution in [3.63, 3.8) is 0 Å². The SMILES string of the molecule is CCCc1csc(CNCC2CNCC2O)n1. The largest absolute Gasteiger partial charge is 0.391 e. The monoisotopic (exact) mass is 255 g/mol. The molecule has 2 atom stereocenters. The van der Waals surface area contributed by atoms with Gasteiger partial charge in [0, 0.05) is 37.5 Å². The van der Waals surface area contributed by atoms with Gasteiger partial charge in [0.2, 0.25) is 0 Å². The van der Waals surface area contributed by atoms with E-state index in [1.807, 2.05) is 0 Å². The van der Waals surface area contributed by atoms with Crippen LogP contribution in [0.3, 0.4) is 0 Å². The van der Waals surface area contributed by atoms with Gasteiger partial charge in [-0.2, -0.15) is 0 Å². The van der Waals surface area contributed by atoms with Crippen LogP contribution in [0, 0.1) is 5.92 Å². The number of aliphatic hydroxyl groups excluding tert-OH is 1. The molecule has 4 nitrogen and oxygen atoms in total. The number of thiazole rings is 1. The summed E-state index contributed by atoms with van der Waals surface area (Å²) < 4.78 is 0. The molecule has 0 aromatic carbocycles. The molecule has 3 N–H and O–H groups in total. The zero-order chi connectivity index (χ0) is 12.1. The van der Waals surface area contributed by atoms with E-state index in [4.69, 9.17) is 0 Å². The highest BCUT2D eigenvalue weighted by atomic mass is 32.1. The maximum atomic E-state index is 9.64. The highest BCUT2D eigenvalue weighted by molar-refractivity contribution is 7.09. The average molecular weight is 255 g/mol. The van der Waals surface area contributed by atoms with Crippen LogP contribution in [0.2, 0.25) is 0 Å². The Labute approximate surface area is 106 Å². The summed E-state index contributed by atoms with van der Waals surface area (Å²) in [6.45, 7) is 5.48. The third-order valence-electron chi connectivity index (χ3n) is 3.09. The molecule has 1 aromatic rings. The Kier molecular flexibility index (Phi) is 4.91. The standard InChI is InChI=1S/C12H21N3OS/c1-2-3-10-8-17-12(15-10)7-14-5-9-4-13-6-11(9)16/h8-9,11,13-14,16H,2-7H2,1H3. The lowest BCUT2D eigenvalue weighted by Gasteiger charge is -2.13. The number of nitrogens with one attached hydrogen (secondary N) is 2. The zero-order valence-electron chi connectivity index (χ0n) is 10.3. The van der Waals surface area contributed by atoms with Crippen LogP contribution in [0.1, 0.15) is 24.0 Å². The molecule has 0 amide bonds. The van der Waals surface area contributed by atoms with Crippen molar-refractivity contribution in [2.75, 3.05) is 19.6 Å². The minimum atomic E-state index is -0.200. The number of rotatable bonds is 6. The first-order valence-corrected chi connectivity index (χ1v) is 7.20. The lowest BCUT2D eigenvalue weighted by molar-refractivity contribution is 0.146. The van der Waals surface area contributed by atoms with Gasteiger partial charge in [0.05, 0.1) is 11.8 Å². The fourth-order valence-corrected chi connectivity index (χ4v) is 2.89. The summed E-state index contributed by atoms with van der Waals surface area (Å²) in [5.74, 6) is 0.338. The fourth-order valence-electron chi connectivity index (χ4n) is 2.09. The quantitative estimate of drug-likeness (QED) is 0.702. The third kappa shape index (κ3) is 3.74. The lowest BCUT2D eigenvalue weighted by Crippen LogP contribution is -2.30. The van der Waals surface area contributed by atoms with Gasteiger partial charge >= 0.3 is 0 Å². The number of hydrogen-bond donors (Lipinski definition) is 3. The van der Waals surface area contributed by atoms with Gasteiger partial charge in [0.15, 0.2) is 0 Å². The van der Waals surface area contributed by atoms with Crippen LogP contribution >= 0.6 is 11.3 Å². The minimum absolute atomic E-state index is 0.200. The van der Waals surface area contributed by atoms with Gasteiger partial charge in [-0.25, -0.2) is 4.98 Å². The summed E-state index contributed by atoms with van der Waals surface area (Å²) in [7, 11) is 0. The maximum absolute atomic E-state index is 9.64. The zero-order valence-corrected chi connectivity index (χ0v) is 11.1. The first-order valence-electron chi connectivity index (χ1n) is 6.32. The second-order valence-electron chi connectivity index (χ2n) is 4.60. The molecule has 17 heavy (non-hydrogen) atoms. The number of aliphatic hydroxyl groups is 1. The maximum Gasteiger partial charge on any atom is 0.107 e. The van der Waals surface area contributed by atoms with E-state index in [9.17, 15) is 5.11 Å². The first kappa shape index (κ1) is 13.0. The van der Waals surface area contributed by atoms with Gasteiger partial charge in [0.1, 0.15) is 5.01 Å². The van der Waals surface area contributed by atoms with Gasteiger partial charge in [-0.1, -0.05) is 13.3 Å². The lowest BCUT2D eigenvalue weighted by atomic mass is 10.1. The van der Waals surface area contributed by atoms with Gasteiger partial charge in [-0.05, 0) is 6.42 Å². The number of nitrogens with zero attached hydrogens (tertiary/aromatic N) is 1. The molecule has 0 saturated carbocycles. The molecule has 1 fully saturated rings. The van der Waals surface area contributed by atoms with Crippen molar-refractivity contribution >= 4 is 11.3 Å². The molecule has 0 spiro atoms. The molecule has 0 radical (unpaired) electrons. The van der Waals surface area contributed by atoms with Crippen LogP contribution in [-0.2, 0) is 13.0 Å². The average Bonchev–Trinajstić information content (AvgIpc) is 2.90. The van der Waals surface area contributed by atoms with E-state index in [2.05, 4.69) is 27.9 Å². The molecule has 1 saturated heterocycles. The van der Waals surface area contributed by atoms with Crippen molar-refractivity contribution < 1.29 is 5.11 Å². The third-order valence-corrected chi connectivity index (χ3v) is 3.99. The molecule has 0 aliphatic carbocycles. The normalized spacial score (nSPS) is 24.4. The number of β-amino-alcohol motifs (C(OH)–C–C–N with tert-alkyl or cyclic N) is 1. The Morgan fingerprint density at radius 3 is 3.18 bits per heavy atom. The summed E-state index contributed by atoms with van der Waals surface area (Å²) in [4.78, 5) is 4.56. The number of hydrogen-bond acceptors (Lipinski definition) is 5. The summed E-state index contributed by atoms with van der Waals surface area (Å²) in [6, 6.07) is 0. The van der Waals surface area contributed by atoms with Crippen molar-refractivity contribution in [3.05, 3.63) is 16.1 Å². The van der Waals surface area contributed by atoms with Crippen molar-refractivity contribution in [1.82, 2.24) is 15.6 Å². The van der Waals surface area contributed by atoms with Crippen molar-refractivity contribution in [2.24, 2.45) is 5.92 Å². The molecule has 2 heterocycles. The molecule has 96 valence electrons. The van der Waals surface area contributed by atoms with Crippen molar-refractivity contribution in [3.8, 4) is 0 Å². The van der Waals surface area contributed by atoms with E-state index >= 15 is 0 Å². The molecule has 0 bridgehead atoms. The summed E-state index contributed by atoms with van der Waals surface area (Å²) in [5, 5.41) is 19.5. The number of aromatic nitrogens is 1. The molecular formula is C12H21N3OS. The van der Waals surface area contributed by atoms with Crippen LogP contribution in [0.15, 0.2) is 5.38 Å². The van der Waals surface area contributed by atoms with E-state index in [-0.39, 0.29) is 6.10 Å². The number of aryl methyl sites for hydroxylation is 1. The highest BCUT2D eigenvalue weighted by Crippen LogP contribution is 2.12. The second-order valence-corrected chi connectivity index (χ2v) is 5.54. The van der Waals surface area contributed by atoms with E-state index < -0.39 is 0 Å². The molecular weight excluding hydrogens is 234 g/mol. The van der Waals surface area contributed by atoms with Crippen LogP contribution in [0.25, 0.3) is 0 Å². The molecule has 2 rings (SSSR count). The second kappa shape index (κ2) is 6.44. The minimum Gasteiger partial charge on any atom is -0.391 e. The van der Waals surface area contributed by atoms with Gasteiger partial charge in [-0.3, -0.25) is 0 Å². The summed E-state index contributed by atoms with van der Waals surface area (Å²) in [6.07, 6.45) is 2.02. The fraction of sp³-hybridized carbons (Fsp3) is 0.750. The van der Waals surface area contributed by atoms with Crippen LogP contribution in [0.5, 0.6) is 0 Å². The van der Waals surface area contributed by atoms with E-state index in [0.717, 1.165) is 44.0 Å². The Morgan fingerprint density at radius 2 is 2.47 bits per heavy atom. The molecule has 1 aliphatic heterocycles. The van der Waals surface area contributed by atoms with E-state index in [0.29, 0.717) is 5.92 Å². The predicted molar refractivity (Wildman–Crippen MR) is 70.2 cm³/mol. The van der Waals surface area contributed by atoms with Crippen LogP contribution < -0.4 is 10.6 Å².